The number of aromatic nitrogens is 4. The summed E-state index contributed by atoms with van der Waals surface area (Å²) in [7, 11) is 1.83. The predicted molar refractivity (Wildman–Crippen MR) is 87.3 cm³/mol. The van der Waals surface area contributed by atoms with Crippen molar-refractivity contribution in [3.05, 3.63) is 41.7 Å². The first-order chi connectivity index (χ1) is 10.6. The van der Waals surface area contributed by atoms with E-state index in [2.05, 4.69) is 15.5 Å². The van der Waals surface area contributed by atoms with Crippen LogP contribution in [0.5, 0.6) is 0 Å². The summed E-state index contributed by atoms with van der Waals surface area (Å²) in [4.78, 5) is 13.9. The smallest absolute Gasteiger partial charge is 0.232 e. The van der Waals surface area contributed by atoms with Gasteiger partial charge in [0.05, 0.1) is 17.5 Å². The maximum Gasteiger partial charge on any atom is 0.232 e. The summed E-state index contributed by atoms with van der Waals surface area (Å²) in [6.07, 6.45) is 0. The van der Waals surface area contributed by atoms with Crippen molar-refractivity contribution in [2.75, 3.05) is 12.8 Å². The van der Waals surface area contributed by atoms with Gasteiger partial charge in [-0.1, -0.05) is 30.3 Å². The van der Waals surface area contributed by atoms with E-state index in [0.29, 0.717) is 18.1 Å². The molecule has 22 heavy (non-hydrogen) atoms. The lowest BCUT2D eigenvalue weighted by atomic mass is 10.2. The van der Waals surface area contributed by atoms with Gasteiger partial charge in [-0.15, -0.1) is 16.9 Å². The minimum Gasteiger partial charge on any atom is -0.341 e. The van der Waals surface area contributed by atoms with Crippen molar-refractivity contribution in [2.24, 2.45) is 0 Å². The number of nitrogens with zero attached hydrogens (tertiary/aromatic N) is 5. The molecule has 118 valence electrons. The molecule has 0 aliphatic heterocycles. The van der Waals surface area contributed by atoms with Gasteiger partial charge in [-0.2, -0.15) is 0 Å². The van der Waals surface area contributed by atoms with E-state index < -0.39 is 0 Å². The number of tetrazole rings is 1. The molecular weight excluding hydrogens is 298 g/mol. The van der Waals surface area contributed by atoms with Crippen molar-refractivity contribution < 1.29 is 4.79 Å². The highest BCUT2D eigenvalue weighted by Gasteiger charge is 2.12. The van der Waals surface area contributed by atoms with Gasteiger partial charge in [0.15, 0.2) is 5.82 Å². The van der Waals surface area contributed by atoms with E-state index in [1.165, 1.54) is 11.8 Å². The zero-order valence-electron chi connectivity index (χ0n) is 13.1. The Morgan fingerprint density at radius 3 is 2.73 bits per heavy atom. The molecule has 6 nitrogen and oxygen atoms in total. The number of benzene rings is 1. The third-order valence-corrected chi connectivity index (χ3v) is 4.11. The Bertz CT molecular complexity index is 599. The molecule has 0 saturated carbocycles. The fourth-order valence-corrected chi connectivity index (χ4v) is 2.86. The topological polar surface area (TPSA) is 63.9 Å². The summed E-state index contributed by atoms with van der Waals surface area (Å²) in [5, 5.41) is 11.6. The molecule has 0 N–H and O–H groups in total. The van der Waals surface area contributed by atoms with Crippen LogP contribution in [0.1, 0.15) is 31.3 Å². The van der Waals surface area contributed by atoms with Gasteiger partial charge in [-0.05, 0) is 29.8 Å². The lowest BCUT2D eigenvalue weighted by Crippen LogP contribution is -2.27. The SMILES string of the molecule is CC(C)n1nnnc1CSCC(=O)N(C)Cc1ccccc1. The van der Waals surface area contributed by atoms with E-state index in [-0.39, 0.29) is 11.9 Å². The molecule has 0 saturated heterocycles. The van der Waals surface area contributed by atoms with Crippen molar-refractivity contribution >= 4 is 17.7 Å². The molecule has 1 aromatic heterocycles. The third kappa shape index (κ3) is 4.56. The van der Waals surface area contributed by atoms with Crippen molar-refractivity contribution in [1.82, 2.24) is 25.1 Å². The fraction of sp³-hybridized carbons (Fsp3) is 0.467. The predicted octanol–water partition coefficient (Wildman–Crippen LogP) is 2.15. The summed E-state index contributed by atoms with van der Waals surface area (Å²) in [5.74, 6) is 1.97. The molecule has 0 aliphatic rings. The summed E-state index contributed by atoms with van der Waals surface area (Å²) in [6.45, 7) is 4.69. The molecule has 2 aromatic rings. The quantitative estimate of drug-likeness (QED) is 0.782. The lowest BCUT2D eigenvalue weighted by molar-refractivity contribution is -0.127. The second kappa shape index (κ2) is 7.93. The first kappa shape index (κ1) is 16.5. The maximum atomic E-state index is 12.1. The Labute approximate surface area is 134 Å². The molecule has 0 fully saturated rings. The minimum atomic E-state index is 0.109. The van der Waals surface area contributed by atoms with Crippen LogP contribution < -0.4 is 0 Å². The average Bonchev–Trinajstić information content (AvgIpc) is 2.97. The van der Waals surface area contributed by atoms with Crippen molar-refractivity contribution in [1.29, 1.82) is 0 Å². The highest BCUT2D eigenvalue weighted by atomic mass is 32.2. The van der Waals surface area contributed by atoms with Gasteiger partial charge in [0, 0.05) is 13.6 Å². The average molecular weight is 319 g/mol. The Balaban J connectivity index is 1.79. The molecule has 2 rings (SSSR count). The maximum absolute atomic E-state index is 12.1. The first-order valence-corrected chi connectivity index (χ1v) is 8.35. The van der Waals surface area contributed by atoms with Gasteiger partial charge < -0.3 is 4.90 Å². The molecule has 0 bridgehead atoms. The van der Waals surface area contributed by atoms with Gasteiger partial charge in [0.1, 0.15) is 0 Å². The normalized spacial score (nSPS) is 10.9. The van der Waals surface area contributed by atoms with Crippen LogP contribution in [0.2, 0.25) is 0 Å². The molecule has 0 radical (unpaired) electrons. The second-order valence-corrected chi connectivity index (χ2v) is 6.35. The van der Waals surface area contributed by atoms with E-state index in [4.69, 9.17) is 0 Å². The molecule has 0 aliphatic carbocycles. The number of hydrogen-bond donors (Lipinski definition) is 0. The highest BCUT2D eigenvalue weighted by molar-refractivity contribution is 7.99. The number of carbonyl (C=O) groups is 1. The summed E-state index contributed by atoms with van der Waals surface area (Å²) < 4.78 is 1.78. The molecule has 7 heteroatoms. The van der Waals surface area contributed by atoms with Crippen LogP contribution in [-0.2, 0) is 17.1 Å². The first-order valence-electron chi connectivity index (χ1n) is 7.20. The Morgan fingerprint density at radius 1 is 1.32 bits per heavy atom. The van der Waals surface area contributed by atoms with Gasteiger partial charge in [-0.3, -0.25) is 4.79 Å². The molecule has 0 unspecified atom stereocenters. The largest absolute Gasteiger partial charge is 0.341 e. The number of thioether (sulfide) groups is 1. The van der Waals surface area contributed by atoms with Gasteiger partial charge >= 0.3 is 0 Å². The van der Waals surface area contributed by atoms with Gasteiger partial charge in [0.2, 0.25) is 5.91 Å². The minimum absolute atomic E-state index is 0.109. The second-order valence-electron chi connectivity index (χ2n) is 5.36. The van der Waals surface area contributed by atoms with E-state index in [0.717, 1.165) is 11.4 Å². The molecular formula is C15H21N5OS. The highest BCUT2D eigenvalue weighted by Crippen LogP contribution is 2.13. The van der Waals surface area contributed by atoms with Crippen LogP contribution in [0.3, 0.4) is 0 Å². The molecule has 1 heterocycles. The molecule has 0 spiro atoms. The fourth-order valence-electron chi connectivity index (χ4n) is 1.99. The zero-order valence-corrected chi connectivity index (χ0v) is 14.0. The van der Waals surface area contributed by atoms with Crippen LogP contribution in [0, 0.1) is 0 Å². The standard InChI is InChI=1S/C15H21N5OS/c1-12(2)20-14(16-17-18-20)10-22-11-15(21)19(3)9-13-7-5-4-6-8-13/h4-8,12H,9-11H2,1-3H3. The van der Waals surface area contributed by atoms with E-state index in [9.17, 15) is 4.79 Å². The van der Waals surface area contributed by atoms with Crippen molar-refractivity contribution in [3.8, 4) is 0 Å². The van der Waals surface area contributed by atoms with E-state index in [1.54, 1.807) is 9.58 Å². The number of carbonyl (C=O) groups excluding carboxylic acids is 1. The summed E-state index contributed by atoms with van der Waals surface area (Å²) in [6, 6.07) is 10.2. The van der Waals surface area contributed by atoms with Crippen LogP contribution in [0.4, 0.5) is 0 Å². The van der Waals surface area contributed by atoms with Crippen molar-refractivity contribution in [3.63, 3.8) is 0 Å². The Hall–Kier alpha value is -1.89. The Morgan fingerprint density at radius 2 is 2.05 bits per heavy atom. The van der Waals surface area contributed by atoms with Gasteiger partial charge in [0.25, 0.3) is 0 Å². The molecule has 0 atom stereocenters. The Kier molecular flexibility index (Phi) is 5.94. The van der Waals surface area contributed by atoms with Crippen LogP contribution >= 0.6 is 11.8 Å². The van der Waals surface area contributed by atoms with E-state index in [1.807, 2.05) is 51.2 Å². The van der Waals surface area contributed by atoms with E-state index >= 15 is 0 Å². The van der Waals surface area contributed by atoms with Crippen LogP contribution in [0.15, 0.2) is 30.3 Å². The zero-order chi connectivity index (χ0) is 15.9. The van der Waals surface area contributed by atoms with Gasteiger partial charge in [-0.25, -0.2) is 4.68 Å². The summed E-state index contributed by atoms with van der Waals surface area (Å²) >= 11 is 1.54. The van der Waals surface area contributed by atoms with Crippen LogP contribution in [-0.4, -0.2) is 43.8 Å². The monoisotopic (exact) mass is 319 g/mol. The number of amides is 1. The number of rotatable bonds is 7. The number of hydrogen-bond acceptors (Lipinski definition) is 5. The lowest BCUT2D eigenvalue weighted by Gasteiger charge is -2.17. The van der Waals surface area contributed by atoms with Crippen LogP contribution in [0.25, 0.3) is 0 Å². The third-order valence-electron chi connectivity index (χ3n) is 3.20. The van der Waals surface area contributed by atoms with Crippen molar-refractivity contribution in [2.45, 2.75) is 32.2 Å². The summed E-state index contributed by atoms with van der Waals surface area (Å²) in [5.41, 5.74) is 1.13. The molecule has 1 aromatic carbocycles. The molecule has 1 amide bonds.